The normalized spacial score (nSPS) is 11.4. The van der Waals surface area contributed by atoms with Gasteiger partial charge in [0.05, 0.1) is 14.2 Å². The molecule has 0 aliphatic carbocycles. The van der Waals surface area contributed by atoms with Gasteiger partial charge in [-0.15, -0.1) is 12.4 Å². The highest BCUT2D eigenvalue weighted by Gasteiger charge is 2.15. The summed E-state index contributed by atoms with van der Waals surface area (Å²) < 4.78 is 10.9. The average molecular weight is 529 g/mol. The van der Waals surface area contributed by atoms with Crippen LogP contribution in [0.4, 0.5) is 0 Å². The second-order valence-electron chi connectivity index (χ2n) is 10.1. The lowest BCUT2D eigenvalue weighted by atomic mass is 10.1. The number of rotatable bonds is 10. The van der Waals surface area contributed by atoms with Crippen LogP contribution < -0.4 is 9.47 Å². The summed E-state index contributed by atoms with van der Waals surface area (Å²) in [7, 11) is 7.63. The van der Waals surface area contributed by atoms with Crippen molar-refractivity contribution in [2.45, 2.75) is 52.6 Å². The van der Waals surface area contributed by atoms with Crippen molar-refractivity contribution in [1.82, 2.24) is 19.8 Å². The highest BCUT2D eigenvalue weighted by Crippen LogP contribution is 2.30. The molecule has 2 N–H and O–H groups in total. The number of hydrogen-bond acceptors (Lipinski definition) is 4. The van der Waals surface area contributed by atoms with Gasteiger partial charge in [-0.05, 0) is 90.0 Å². The van der Waals surface area contributed by atoms with E-state index in [0.29, 0.717) is 12.1 Å². The Kier molecular flexibility index (Phi) is 11.8. The van der Waals surface area contributed by atoms with Gasteiger partial charge in [-0.2, -0.15) is 0 Å². The number of nitrogens with one attached hydrogen (secondary N) is 2. The highest BCUT2D eigenvalue weighted by molar-refractivity contribution is 5.90. The third-order valence-corrected chi connectivity index (χ3v) is 6.73. The second kappa shape index (κ2) is 14.3. The SMILES string of the molecule is COc1cccc2[nH]cc(CCN(C(C)C)C(C)C)c12.COc1cccc2[nH]cc(CCN(C)C)c12.Cl. The monoisotopic (exact) mass is 528 g/mol. The van der Waals surface area contributed by atoms with Crippen molar-refractivity contribution in [2.24, 2.45) is 0 Å². The summed E-state index contributed by atoms with van der Waals surface area (Å²) in [4.78, 5) is 11.3. The fraction of sp³-hybridized carbons (Fsp3) is 0.467. The quantitative estimate of drug-likeness (QED) is 0.245. The van der Waals surface area contributed by atoms with Gasteiger partial charge in [0.2, 0.25) is 0 Å². The maximum Gasteiger partial charge on any atom is 0.128 e. The van der Waals surface area contributed by atoms with Crippen LogP contribution in [0.1, 0.15) is 38.8 Å². The molecule has 7 heteroatoms. The van der Waals surface area contributed by atoms with Gasteiger partial charge >= 0.3 is 0 Å². The molecule has 4 rings (SSSR count). The lowest BCUT2D eigenvalue weighted by Crippen LogP contribution is -2.38. The van der Waals surface area contributed by atoms with Crippen LogP contribution in [0.3, 0.4) is 0 Å². The van der Waals surface area contributed by atoms with Gasteiger partial charge < -0.3 is 24.3 Å². The van der Waals surface area contributed by atoms with Crippen LogP contribution in [0, 0.1) is 0 Å². The first kappa shape index (κ1) is 30.6. The fourth-order valence-corrected chi connectivity index (χ4v) is 4.88. The van der Waals surface area contributed by atoms with Crippen LogP contribution in [-0.4, -0.2) is 73.3 Å². The maximum absolute atomic E-state index is 5.49. The number of hydrogen-bond donors (Lipinski definition) is 2. The van der Waals surface area contributed by atoms with Crippen molar-refractivity contribution in [3.05, 3.63) is 59.9 Å². The van der Waals surface area contributed by atoms with Crippen LogP contribution in [-0.2, 0) is 12.8 Å². The van der Waals surface area contributed by atoms with Crippen LogP contribution in [0.5, 0.6) is 11.5 Å². The Balaban J connectivity index is 0.000000259. The van der Waals surface area contributed by atoms with E-state index < -0.39 is 0 Å². The first-order valence-corrected chi connectivity index (χ1v) is 12.9. The summed E-state index contributed by atoms with van der Waals surface area (Å²) in [5, 5.41) is 2.44. The number of aromatic nitrogens is 2. The Morgan fingerprint density at radius 2 is 1.14 bits per heavy atom. The fourth-order valence-electron chi connectivity index (χ4n) is 4.88. The zero-order valence-electron chi connectivity index (χ0n) is 23.7. The van der Waals surface area contributed by atoms with Crippen molar-refractivity contribution in [3.63, 3.8) is 0 Å². The van der Waals surface area contributed by atoms with E-state index in [4.69, 9.17) is 9.47 Å². The van der Waals surface area contributed by atoms with Crippen molar-refractivity contribution < 1.29 is 9.47 Å². The van der Waals surface area contributed by atoms with E-state index in [9.17, 15) is 0 Å². The number of aromatic amines is 2. The van der Waals surface area contributed by atoms with E-state index >= 15 is 0 Å². The third kappa shape index (κ3) is 7.67. The molecule has 0 atom stereocenters. The Morgan fingerprint density at radius 3 is 1.51 bits per heavy atom. The van der Waals surface area contributed by atoms with E-state index in [-0.39, 0.29) is 12.4 Å². The number of likely N-dealkylation sites (N-methyl/N-ethyl adjacent to an activating group) is 1. The number of H-pyrrole nitrogens is 2. The second-order valence-corrected chi connectivity index (χ2v) is 10.1. The Labute approximate surface area is 228 Å². The minimum Gasteiger partial charge on any atom is -0.496 e. The number of benzene rings is 2. The predicted octanol–water partition coefficient (Wildman–Crippen LogP) is 6.54. The molecule has 0 saturated carbocycles. The van der Waals surface area contributed by atoms with Crippen LogP contribution in [0.25, 0.3) is 21.8 Å². The number of halogens is 1. The molecule has 0 aliphatic heterocycles. The summed E-state index contributed by atoms with van der Waals surface area (Å²) in [6.45, 7) is 11.2. The summed E-state index contributed by atoms with van der Waals surface area (Å²) in [6, 6.07) is 13.4. The van der Waals surface area contributed by atoms with E-state index in [1.54, 1.807) is 14.2 Å². The molecule has 204 valence electrons. The van der Waals surface area contributed by atoms with Gasteiger partial charge in [0.15, 0.2) is 0 Å². The Bertz CT molecular complexity index is 1220. The van der Waals surface area contributed by atoms with Crippen molar-refractivity contribution in [1.29, 1.82) is 0 Å². The molecule has 0 aliphatic rings. The number of ether oxygens (including phenoxy) is 2. The van der Waals surface area contributed by atoms with E-state index in [1.165, 1.54) is 21.9 Å². The minimum absolute atomic E-state index is 0. The van der Waals surface area contributed by atoms with E-state index in [0.717, 1.165) is 48.5 Å². The highest BCUT2D eigenvalue weighted by atomic mass is 35.5. The number of methoxy groups -OCH3 is 2. The van der Waals surface area contributed by atoms with Crippen molar-refractivity contribution in [3.8, 4) is 11.5 Å². The molecule has 2 aromatic heterocycles. The molecule has 0 radical (unpaired) electrons. The van der Waals surface area contributed by atoms with Gasteiger partial charge in [0.1, 0.15) is 11.5 Å². The number of nitrogens with zero attached hydrogens (tertiary/aromatic N) is 2. The van der Waals surface area contributed by atoms with Crippen molar-refractivity contribution in [2.75, 3.05) is 41.4 Å². The van der Waals surface area contributed by atoms with E-state index in [1.807, 2.05) is 24.3 Å². The molecule has 0 bridgehead atoms. The summed E-state index contributed by atoms with van der Waals surface area (Å²) in [5.74, 6) is 1.91. The third-order valence-electron chi connectivity index (χ3n) is 6.73. The molecule has 6 nitrogen and oxygen atoms in total. The standard InChI is InChI=1S/C17H26N2O.C13H18N2O.ClH/c1-12(2)19(13(3)4)10-9-14-11-18-15-7-6-8-16(20-5)17(14)15;1-15(2)8-7-10-9-14-11-5-4-6-12(16-3)13(10)11;/h6-8,11-13,18H,9-10H2,1-5H3;4-6,9,14H,7-8H2,1-3H3;1H. The summed E-state index contributed by atoms with van der Waals surface area (Å²) >= 11 is 0. The maximum atomic E-state index is 5.49. The Morgan fingerprint density at radius 1 is 0.703 bits per heavy atom. The van der Waals surface area contributed by atoms with Gasteiger partial charge in [-0.25, -0.2) is 0 Å². The van der Waals surface area contributed by atoms with Crippen LogP contribution >= 0.6 is 12.4 Å². The minimum atomic E-state index is 0. The topological polar surface area (TPSA) is 56.5 Å². The van der Waals surface area contributed by atoms with Gasteiger partial charge in [0.25, 0.3) is 0 Å². The molecule has 2 aromatic carbocycles. The molecule has 4 aromatic rings. The zero-order chi connectivity index (χ0) is 26.2. The lowest BCUT2D eigenvalue weighted by molar-refractivity contribution is 0.177. The molecule has 0 saturated heterocycles. The zero-order valence-corrected chi connectivity index (χ0v) is 24.5. The molecular weight excluding hydrogens is 484 g/mol. The van der Waals surface area contributed by atoms with E-state index in [2.05, 4.69) is 86.1 Å². The Hall–Kier alpha value is -2.67. The molecule has 2 heterocycles. The largest absolute Gasteiger partial charge is 0.496 e. The molecular formula is C30H45ClN4O2. The first-order chi connectivity index (χ1) is 17.3. The summed E-state index contributed by atoms with van der Waals surface area (Å²) in [6.07, 6.45) is 6.27. The lowest BCUT2D eigenvalue weighted by Gasteiger charge is -2.30. The first-order valence-electron chi connectivity index (χ1n) is 12.9. The average Bonchev–Trinajstić information content (AvgIpc) is 3.47. The summed E-state index contributed by atoms with van der Waals surface area (Å²) in [5.41, 5.74) is 4.96. The molecule has 37 heavy (non-hydrogen) atoms. The van der Waals surface area contributed by atoms with Gasteiger partial charge in [0, 0.05) is 59.4 Å². The number of fused-ring (bicyclic) bond motifs is 2. The van der Waals surface area contributed by atoms with Crippen LogP contribution in [0.15, 0.2) is 48.8 Å². The van der Waals surface area contributed by atoms with Crippen LogP contribution in [0.2, 0.25) is 0 Å². The molecule has 0 unspecified atom stereocenters. The van der Waals surface area contributed by atoms with Gasteiger partial charge in [-0.3, -0.25) is 4.90 Å². The predicted molar refractivity (Wildman–Crippen MR) is 160 cm³/mol. The van der Waals surface area contributed by atoms with Gasteiger partial charge in [-0.1, -0.05) is 12.1 Å². The smallest absolute Gasteiger partial charge is 0.128 e. The van der Waals surface area contributed by atoms with Crippen molar-refractivity contribution >= 4 is 34.2 Å². The molecule has 0 amide bonds. The molecule has 0 fully saturated rings. The molecule has 0 spiro atoms.